The van der Waals surface area contributed by atoms with Crippen LogP contribution in [0, 0.1) is 0 Å². The molecule has 4 N–H and O–H groups in total. The summed E-state index contributed by atoms with van der Waals surface area (Å²) in [4.78, 5) is 36.3. The van der Waals surface area contributed by atoms with E-state index in [1.807, 2.05) is 0 Å². The minimum atomic E-state index is -0.764. The predicted molar refractivity (Wildman–Crippen MR) is 110 cm³/mol. The van der Waals surface area contributed by atoms with Gasteiger partial charge in [-0.25, -0.2) is 0 Å². The number of carbonyl (C=O) groups excluding carboxylic acids is 2. The number of rotatable bonds is 4. The zero-order chi connectivity index (χ0) is 20.4. The van der Waals surface area contributed by atoms with Crippen molar-refractivity contribution >= 4 is 35.1 Å². The van der Waals surface area contributed by atoms with Gasteiger partial charge < -0.3 is 26.0 Å². The average Bonchev–Trinajstić information content (AvgIpc) is 2.73. The van der Waals surface area contributed by atoms with E-state index in [0.717, 1.165) is 25.9 Å². The third kappa shape index (κ3) is 3.94. The Labute approximate surface area is 168 Å². The number of anilines is 4. The van der Waals surface area contributed by atoms with E-state index in [1.54, 1.807) is 31.4 Å². The fourth-order valence-electron chi connectivity index (χ4n) is 3.77. The normalized spacial score (nSPS) is 18.6. The van der Waals surface area contributed by atoms with Gasteiger partial charge in [0, 0.05) is 31.3 Å². The van der Waals surface area contributed by atoms with Gasteiger partial charge in [0.2, 0.25) is 17.8 Å². The van der Waals surface area contributed by atoms with Crippen LogP contribution in [0.2, 0.25) is 0 Å². The molecule has 1 atom stereocenters. The molecule has 3 heterocycles. The monoisotopic (exact) mass is 396 g/mol. The molecule has 9 heteroatoms. The number of ether oxygens (including phenoxy) is 1. The van der Waals surface area contributed by atoms with Crippen LogP contribution in [0.1, 0.15) is 37.2 Å². The van der Waals surface area contributed by atoms with Crippen LogP contribution in [-0.2, 0) is 9.59 Å². The van der Waals surface area contributed by atoms with E-state index in [4.69, 9.17) is 10.5 Å². The van der Waals surface area contributed by atoms with Gasteiger partial charge in [-0.2, -0.15) is 9.97 Å². The predicted octanol–water partition coefficient (Wildman–Crippen LogP) is 2.12. The van der Waals surface area contributed by atoms with Crippen LogP contribution in [0.25, 0.3) is 0 Å². The van der Waals surface area contributed by atoms with Gasteiger partial charge in [-0.3, -0.25) is 9.59 Å². The van der Waals surface area contributed by atoms with E-state index in [9.17, 15) is 9.59 Å². The first-order chi connectivity index (χ1) is 14.0. The number of hydrogen-bond acceptors (Lipinski definition) is 7. The summed E-state index contributed by atoms with van der Waals surface area (Å²) in [5.41, 5.74) is 7.27. The fourth-order valence-corrected chi connectivity index (χ4v) is 3.77. The molecule has 1 aromatic carbocycles. The highest BCUT2D eigenvalue weighted by molar-refractivity contribution is 6.05. The van der Waals surface area contributed by atoms with Gasteiger partial charge in [-0.05, 0) is 31.4 Å². The van der Waals surface area contributed by atoms with Crippen LogP contribution in [0.4, 0.5) is 23.3 Å². The van der Waals surface area contributed by atoms with E-state index in [1.165, 1.54) is 6.42 Å². The van der Waals surface area contributed by atoms with Crippen molar-refractivity contribution in [3.63, 3.8) is 0 Å². The van der Waals surface area contributed by atoms with E-state index >= 15 is 0 Å². The summed E-state index contributed by atoms with van der Waals surface area (Å²) < 4.78 is 5.19. The number of hydrogen-bond donors (Lipinski definition) is 3. The van der Waals surface area contributed by atoms with Crippen LogP contribution in [0.3, 0.4) is 0 Å². The molecule has 2 aliphatic rings. The average molecular weight is 396 g/mol. The van der Waals surface area contributed by atoms with E-state index in [-0.39, 0.29) is 24.1 Å². The number of benzene rings is 1. The molecule has 0 bridgehead atoms. The van der Waals surface area contributed by atoms with Crippen molar-refractivity contribution in [3.8, 4) is 5.75 Å². The van der Waals surface area contributed by atoms with Crippen LogP contribution in [-0.4, -0.2) is 42.0 Å². The highest BCUT2D eigenvalue weighted by Gasteiger charge is 2.35. The van der Waals surface area contributed by atoms with Gasteiger partial charge in [0.25, 0.3) is 0 Å². The van der Waals surface area contributed by atoms with Crippen LogP contribution in [0.15, 0.2) is 24.3 Å². The van der Waals surface area contributed by atoms with Gasteiger partial charge in [0.1, 0.15) is 17.4 Å². The maximum atomic E-state index is 13.0. The van der Waals surface area contributed by atoms with Crippen molar-refractivity contribution in [3.05, 3.63) is 29.8 Å². The third-order valence-corrected chi connectivity index (χ3v) is 5.25. The van der Waals surface area contributed by atoms with Gasteiger partial charge in [0.05, 0.1) is 18.6 Å². The molecule has 4 rings (SSSR count). The lowest BCUT2D eigenvalue weighted by atomic mass is 9.92. The zero-order valence-corrected chi connectivity index (χ0v) is 16.3. The Kier molecular flexibility index (Phi) is 5.20. The number of nitrogens with two attached hydrogens (primary N) is 1. The summed E-state index contributed by atoms with van der Waals surface area (Å²) in [6.07, 6.45) is 3.30. The van der Waals surface area contributed by atoms with E-state index in [0.29, 0.717) is 28.8 Å². The lowest BCUT2D eigenvalue weighted by molar-refractivity contribution is -0.123. The smallest absolute Gasteiger partial charge is 0.232 e. The molecule has 2 aliphatic heterocycles. The van der Waals surface area contributed by atoms with E-state index < -0.39 is 5.92 Å². The molecule has 1 saturated heterocycles. The number of nitrogens with zero attached hydrogens (tertiary/aromatic N) is 3. The number of fused-ring (bicyclic) bond motifs is 1. The minimum Gasteiger partial charge on any atom is -0.497 e. The standard InChI is InChI=1S/C20H24N6O3/c1-29-13-7-5-6-12(10-13)22-19(28)14-11-15(27)23-18-16(14)17(21)24-20(25-18)26-8-3-2-4-9-26/h5-7,10,14H,2-4,8-9,11H2,1H3,(H,22,28)(H3,21,23,24,25,27)/t14-/m0/s1. The molecule has 9 nitrogen and oxygen atoms in total. The van der Waals surface area contributed by atoms with Gasteiger partial charge in [-0.15, -0.1) is 0 Å². The maximum Gasteiger partial charge on any atom is 0.232 e. The first-order valence-electron chi connectivity index (χ1n) is 9.72. The Morgan fingerprint density at radius 1 is 1.28 bits per heavy atom. The molecule has 0 saturated carbocycles. The Morgan fingerprint density at radius 3 is 2.83 bits per heavy atom. The van der Waals surface area contributed by atoms with Gasteiger partial charge in [-0.1, -0.05) is 6.07 Å². The van der Waals surface area contributed by atoms with Crippen LogP contribution >= 0.6 is 0 Å². The molecule has 0 unspecified atom stereocenters. The van der Waals surface area contributed by atoms with Gasteiger partial charge in [0.15, 0.2) is 0 Å². The largest absolute Gasteiger partial charge is 0.497 e. The third-order valence-electron chi connectivity index (χ3n) is 5.25. The summed E-state index contributed by atoms with van der Waals surface area (Å²) in [6, 6.07) is 7.02. The Hall–Kier alpha value is -3.36. The van der Waals surface area contributed by atoms with Crippen molar-refractivity contribution in [1.29, 1.82) is 0 Å². The maximum absolute atomic E-state index is 13.0. The summed E-state index contributed by atoms with van der Waals surface area (Å²) in [6.45, 7) is 1.71. The molecule has 0 aliphatic carbocycles. The minimum absolute atomic E-state index is 0.0145. The number of amides is 2. The number of nitrogens with one attached hydrogen (secondary N) is 2. The number of carbonyl (C=O) groups is 2. The van der Waals surface area contributed by atoms with Crippen molar-refractivity contribution in [2.75, 3.05) is 41.5 Å². The van der Waals surface area contributed by atoms with Crippen molar-refractivity contribution in [2.45, 2.75) is 31.6 Å². The SMILES string of the molecule is COc1cccc(NC(=O)[C@H]2CC(=O)Nc3nc(N4CCCCC4)nc(N)c32)c1. The summed E-state index contributed by atoms with van der Waals surface area (Å²) >= 11 is 0. The fraction of sp³-hybridized carbons (Fsp3) is 0.400. The number of nitrogen functional groups attached to an aromatic ring is 1. The molecule has 2 amide bonds. The second-order valence-corrected chi connectivity index (χ2v) is 7.24. The summed E-state index contributed by atoms with van der Waals surface area (Å²) in [5.74, 6) is 0.289. The second kappa shape index (κ2) is 7.94. The second-order valence-electron chi connectivity index (χ2n) is 7.24. The molecule has 2 aromatic rings. The number of piperidine rings is 1. The molecule has 29 heavy (non-hydrogen) atoms. The molecule has 1 aromatic heterocycles. The Balaban J connectivity index is 1.62. The Morgan fingerprint density at radius 2 is 2.07 bits per heavy atom. The highest BCUT2D eigenvalue weighted by Crippen LogP contribution is 2.37. The number of methoxy groups -OCH3 is 1. The Bertz CT molecular complexity index is 942. The lowest BCUT2D eigenvalue weighted by Crippen LogP contribution is -2.35. The van der Waals surface area contributed by atoms with Crippen LogP contribution < -0.4 is 26.0 Å². The van der Waals surface area contributed by atoms with Crippen LogP contribution in [0.5, 0.6) is 5.75 Å². The van der Waals surface area contributed by atoms with Crippen molar-refractivity contribution in [1.82, 2.24) is 9.97 Å². The van der Waals surface area contributed by atoms with Crippen molar-refractivity contribution in [2.24, 2.45) is 0 Å². The zero-order valence-electron chi connectivity index (χ0n) is 16.3. The topological polar surface area (TPSA) is 122 Å². The quantitative estimate of drug-likeness (QED) is 0.723. The summed E-state index contributed by atoms with van der Waals surface area (Å²) in [7, 11) is 1.56. The van der Waals surface area contributed by atoms with Gasteiger partial charge >= 0.3 is 0 Å². The highest BCUT2D eigenvalue weighted by atomic mass is 16.5. The molecular formula is C20H24N6O3. The molecule has 1 fully saturated rings. The summed E-state index contributed by atoms with van der Waals surface area (Å²) in [5, 5.41) is 5.58. The number of aromatic nitrogens is 2. The molecular weight excluding hydrogens is 372 g/mol. The first kappa shape index (κ1) is 19.0. The van der Waals surface area contributed by atoms with Crippen molar-refractivity contribution < 1.29 is 14.3 Å². The first-order valence-corrected chi connectivity index (χ1v) is 9.72. The lowest BCUT2D eigenvalue weighted by Gasteiger charge is -2.30. The molecule has 152 valence electrons. The molecule has 0 spiro atoms. The van der Waals surface area contributed by atoms with E-state index in [2.05, 4.69) is 25.5 Å². The molecule has 0 radical (unpaired) electrons.